The van der Waals surface area contributed by atoms with E-state index in [0.29, 0.717) is 6.04 Å². The number of nitrogens with one attached hydrogen (secondary N) is 1. The SMILES string of the molecule is Cc1ccc(C(=O)N2CCNCC2C)s1.Cl. The minimum atomic E-state index is 0. The zero-order valence-electron chi connectivity index (χ0n) is 9.53. The van der Waals surface area contributed by atoms with Gasteiger partial charge in [0.1, 0.15) is 0 Å². The lowest BCUT2D eigenvalue weighted by atomic mass is 10.2. The highest BCUT2D eigenvalue weighted by molar-refractivity contribution is 7.13. The maximum absolute atomic E-state index is 12.1. The van der Waals surface area contributed by atoms with Crippen molar-refractivity contribution in [3.05, 3.63) is 21.9 Å². The molecule has 0 saturated carbocycles. The standard InChI is InChI=1S/C11H16N2OS.ClH/c1-8-7-12-5-6-13(8)11(14)10-4-3-9(2)15-10;/h3-4,8,12H,5-7H2,1-2H3;1H. The number of carbonyl (C=O) groups is 1. The molecule has 0 radical (unpaired) electrons. The van der Waals surface area contributed by atoms with E-state index in [1.165, 1.54) is 4.88 Å². The summed E-state index contributed by atoms with van der Waals surface area (Å²) in [4.78, 5) is 16.1. The van der Waals surface area contributed by atoms with Crippen LogP contribution in [0.25, 0.3) is 0 Å². The third-order valence-corrected chi connectivity index (χ3v) is 3.70. The molecule has 0 spiro atoms. The van der Waals surface area contributed by atoms with Crippen LogP contribution in [-0.2, 0) is 0 Å². The fourth-order valence-electron chi connectivity index (χ4n) is 1.83. The van der Waals surface area contributed by atoms with E-state index < -0.39 is 0 Å². The molecule has 1 fully saturated rings. The van der Waals surface area contributed by atoms with Gasteiger partial charge in [0, 0.05) is 30.6 Å². The van der Waals surface area contributed by atoms with Crippen molar-refractivity contribution in [2.75, 3.05) is 19.6 Å². The second-order valence-electron chi connectivity index (χ2n) is 3.96. The van der Waals surface area contributed by atoms with E-state index in [0.717, 1.165) is 24.5 Å². The predicted octanol–water partition coefficient (Wildman–Crippen LogP) is 1.91. The van der Waals surface area contributed by atoms with Gasteiger partial charge in [-0.2, -0.15) is 0 Å². The van der Waals surface area contributed by atoms with E-state index in [4.69, 9.17) is 0 Å². The highest BCUT2D eigenvalue weighted by Gasteiger charge is 2.24. The predicted molar refractivity (Wildman–Crippen MR) is 69.7 cm³/mol. The van der Waals surface area contributed by atoms with Crippen molar-refractivity contribution >= 4 is 29.7 Å². The van der Waals surface area contributed by atoms with E-state index >= 15 is 0 Å². The van der Waals surface area contributed by atoms with Crippen LogP contribution in [-0.4, -0.2) is 36.5 Å². The molecule has 0 aliphatic carbocycles. The van der Waals surface area contributed by atoms with Crippen molar-refractivity contribution in [3.63, 3.8) is 0 Å². The van der Waals surface area contributed by atoms with Gasteiger partial charge in [-0.3, -0.25) is 4.79 Å². The summed E-state index contributed by atoms with van der Waals surface area (Å²) in [5, 5.41) is 3.29. The maximum Gasteiger partial charge on any atom is 0.264 e. The van der Waals surface area contributed by atoms with Crippen LogP contribution in [0.15, 0.2) is 12.1 Å². The Morgan fingerprint density at radius 3 is 2.88 bits per heavy atom. The summed E-state index contributed by atoms with van der Waals surface area (Å²) in [6.07, 6.45) is 0. The molecule has 0 aromatic carbocycles. The molecule has 1 aromatic rings. The van der Waals surface area contributed by atoms with Gasteiger partial charge in [-0.1, -0.05) is 0 Å². The molecule has 3 nitrogen and oxygen atoms in total. The zero-order valence-corrected chi connectivity index (χ0v) is 11.2. The lowest BCUT2D eigenvalue weighted by molar-refractivity contribution is 0.0661. The third-order valence-electron chi connectivity index (χ3n) is 2.71. The van der Waals surface area contributed by atoms with Crippen molar-refractivity contribution in [1.29, 1.82) is 0 Å². The zero-order chi connectivity index (χ0) is 10.8. The first kappa shape index (κ1) is 13.5. The van der Waals surface area contributed by atoms with Crippen molar-refractivity contribution < 1.29 is 4.79 Å². The molecule has 0 bridgehead atoms. The first-order valence-corrected chi connectivity index (χ1v) is 6.08. The Hall–Kier alpha value is -0.580. The van der Waals surface area contributed by atoms with Crippen LogP contribution in [0.3, 0.4) is 0 Å². The quantitative estimate of drug-likeness (QED) is 0.837. The summed E-state index contributed by atoms with van der Waals surface area (Å²) in [5.41, 5.74) is 0. The minimum absolute atomic E-state index is 0. The van der Waals surface area contributed by atoms with E-state index in [1.54, 1.807) is 11.3 Å². The van der Waals surface area contributed by atoms with Gasteiger partial charge in [-0.05, 0) is 26.0 Å². The van der Waals surface area contributed by atoms with Gasteiger partial charge in [0.05, 0.1) is 4.88 Å². The molecule has 2 rings (SSSR count). The molecule has 1 aliphatic rings. The average Bonchev–Trinajstić information content (AvgIpc) is 2.65. The number of carbonyl (C=O) groups excluding carboxylic acids is 1. The summed E-state index contributed by atoms with van der Waals surface area (Å²) in [5.74, 6) is 0.183. The van der Waals surface area contributed by atoms with Crippen LogP contribution in [0.5, 0.6) is 0 Å². The lowest BCUT2D eigenvalue weighted by Gasteiger charge is -2.33. The topological polar surface area (TPSA) is 32.3 Å². The number of aryl methyl sites for hydroxylation is 1. The summed E-state index contributed by atoms with van der Waals surface area (Å²) in [6, 6.07) is 4.23. The van der Waals surface area contributed by atoms with E-state index in [1.807, 2.05) is 24.0 Å². The molecule has 90 valence electrons. The Morgan fingerprint density at radius 2 is 2.31 bits per heavy atom. The Kier molecular flexibility index (Phi) is 4.77. The number of amides is 1. The number of halogens is 1. The molecule has 16 heavy (non-hydrogen) atoms. The number of thiophene rings is 1. The first-order valence-electron chi connectivity index (χ1n) is 5.26. The number of piperazine rings is 1. The summed E-state index contributed by atoms with van der Waals surface area (Å²) in [6.45, 7) is 6.74. The van der Waals surface area contributed by atoms with Crippen LogP contribution in [0.1, 0.15) is 21.5 Å². The van der Waals surface area contributed by atoms with Gasteiger partial charge in [-0.25, -0.2) is 0 Å². The highest BCUT2D eigenvalue weighted by atomic mass is 35.5. The Bertz CT molecular complexity index is 367. The maximum atomic E-state index is 12.1. The van der Waals surface area contributed by atoms with E-state index in [-0.39, 0.29) is 18.3 Å². The lowest BCUT2D eigenvalue weighted by Crippen LogP contribution is -2.52. The number of nitrogens with zero attached hydrogens (tertiary/aromatic N) is 1. The number of hydrogen-bond donors (Lipinski definition) is 1. The summed E-state index contributed by atoms with van der Waals surface area (Å²) >= 11 is 1.58. The fraction of sp³-hybridized carbons (Fsp3) is 0.545. The van der Waals surface area contributed by atoms with Gasteiger partial charge in [0.15, 0.2) is 0 Å². The molecule has 1 saturated heterocycles. The first-order chi connectivity index (χ1) is 7.18. The second kappa shape index (κ2) is 5.66. The van der Waals surface area contributed by atoms with Crippen molar-refractivity contribution in [2.24, 2.45) is 0 Å². The van der Waals surface area contributed by atoms with Crippen LogP contribution in [0.2, 0.25) is 0 Å². The molecular weight excluding hydrogens is 244 g/mol. The summed E-state index contributed by atoms with van der Waals surface area (Å²) in [7, 11) is 0. The van der Waals surface area contributed by atoms with Crippen LogP contribution in [0, 0.1) is 6.92 Å². The molecule has 1 atom stereocenters. The Labute approximate surface area is 106 Å². The van der Waals surface area contributed by atoms with Gasteiger partial charge in [-0.15, -0.1) is 23.7 Å². The molecule has 1 amide bonds. The number of hydrogen-bond acceptors (Lipinski definition) is 3. The molecule has 2 heterocycles. The van der Waals surface area contributed by atoms with Gasteiger partial charge in [0.25, 0.3) is 5.91 Å². The largest absolute Gasteiger partial charge is 0.333 e. The van der Waals surface area contributed by atoms with Gasteiger partial charge in [0.2, 0.25) is 0 Å². The fourth-order valence-corrected chi connectivity index (χ4v) is 2.66. The van der Waals surface area contributed by atoms with Crippen molar-refractivity contribution in [3.8, 4) is 0 Å². The molecule has 1 unspecified atom stereocenters. The average molecular weight is 261 g/mol. The normalized spacial score (nSPS) is 20.4. The molecular formula is C11H17ClN2OS. The van der Waals surface area contributed by atoms with Crippen LogP contribution >= 0.6 is 23.7 Å². The second-order valence-corrected chi connectivity index (χ2v) is 5.25. The Balaban J connectivity index is 0.00000128. The van der Waals surface area contributed by atoms with Gasteiger partial charge >= 0.3 is 0 Å². The van der Waals surface area contributed by atoms with Crippen LogP contribution in [0.4, 0.5) is 0 Å². The summed E-state index contributed by atoms with van der Waals surface area (Å²) < 4.78 is 0. The minimum Gasteiger partial charge on any atom is -0.333 e. The smallest absolute Gasteiger partial charge is 0.264 e. The molecule has 1 N–H and O–H groups in total. The highest BCUT2D eigenvalue weighted by Crippen LogP contribution is 2.18. The van der Waals surface area contributed by atoms with Crippen molar-refractivity contribution in [1.82, 2.24) is 10.2 Å². The van der Waals surface area contributed by atoms with Gasteiger partial charge < -0.3 is 10.2 Å². The van der Waals surface area contributed by atoms with E-state index in [2.05, 4.69) is 12.2 Å². The molecule has 1 aliphatic heterocycles. The van der Waals surface area contributed by atoms with E-state index in [9.17, 15) is 4.79 Å². The van der Waals surface area contributed by atoms with Crippen molar-refractivity contribution in [2.45, 2.75) is 19.9 Å². The third kappa shape index (κ3) is 2.75. The molecule has 5 heteroatoms. The van der Waals surface area contributed by atoms with Crippen LogP contribution < -0.4 is 5.32 Å². The monoisotopic (exact) mass is 260 g/mol. The number of rotatable bonds is 1. The Morgan fingerprint density at radius 1 is 1.56 bits per heavy atom. The molecule has 1 aromatic heterocycles.